The van der Waals surface area contributed by atoms with Gasteiger partial charge in [-0.25, -0.2) is 27.6 Å². The predicted molar refractivity (Wildman–Crippen MR) is 368 cm³/mol. The van der Waals surface area contributed by atoms with Gasteiger partial charge in [0, 0.05) is 40.4 Å². The van der Waals surface area contributed by atoms with Crippen molar-refractivity contribution in [3.8, 4) is 17.2 Å². The van der Waals surface area contributed by atoms with Gasteiger partial charge in [0.05, 0.1) is 45.2 Å². The number of phenols is 1. The number of nitrogens with zero attached hydrogens (tertiary/aromatic N) is 3. The summed E-state index contributed by atoms with van der Waals surface area (Å²) in [7, 11) is 3.77. The van der Waals surface area contributed by atoms with E-state index in [4.69, 9.17) is 38.3 Å². The Morgan fingerprint density at radius 1 is 0.420 bits per heavy atom. The molecular formula is C78H61F3N6O13. The van der Waals surface area contributed by atoms with E-state index < -0.39 is 29.7 Å². The van der Waals surface area contributed by atoms with Crippen LogP contribution in [0.3, 0.4) is 0 Å². The zero-order valence-electron chi connectivity index (χ0n) is 53.8. The van der Waals surface area contributed by atoms with Crippen molar-refractivity contribution in [2.75, 3.05) is 37.7 Å². The fraction of sp³-hybridized carbons (Fsp3) is 0.103. The van der Waals surface area contributed by atoms with E-state index in [9.17, 15) is 42.3 Å². The van der Waals surface area contributed by atoms with Crippen molar-refractivity contribution >= 4 is 79.5 Å². The molecule has 13 rings (SSSR count). The fourth-order valence-corrected chi connectivity index (χ4v) is 10.7. The fourth-order valence-electron chi connectivity index (χ4n) is 10.7. The van der Waals surface area contributed by atoms with Crippen molar-refractivity contribution in [3.63, 3.8) is 0 Å². The lowest BCUT2D eigenvalue weighted by atomic mass is 10.0. The largest absolute Gasteiger partial charge is 0.505 e. The lowest BCUT2D eigenvalue weighted by molar-refractivity contribution is 0.0586. The second-order valence-corrected chi connectivity index (χ2v) is 22.5. The molecule has 0 aliphatic rings. The van der Waals surface area contributed by atoms with Crippen LogP contribution < -0.4 is 25.8 Å². The Bertz CT molecular complexity index is 5090. The third-order valence-corrected chi connectivity index (χ3v) is 15.6. The lowest BCUT2D eigenvalue weighted by Gasteiger charge is -2.17. The van der Waals surface area contributed by atoms with Gasteiger partial charge >= 0.3 is 17.9 Å². The van der Waals surface area contributed by atoms with Gasteiger partial charge in [0.2, 0.25) is 0 Å². The first-order valence-electron chi connectivity index (χ1n) is 30.9. The van der Waals surface area contributed by atoms with Gasteiger partial charge in [0.1, 0.15) is 63.9 Å². The van der Waals surface area contributed by atoms with Crippen LogP contribution in [0.1, 0.15) is 96.7 Å². The second-order valence-electron chi connectivity index (χ2n) is 22.5. The van der Waals surface area contributed by atoms with Crippen molar-refractivity contribution in [2.45, 2.75) is 32.5 Å². The quantitative estimate of drug-likeness (QED) is 0.0254. The third-order valence-electron chi connectivity index (χ3n) is 15.6. The number of halogens is 3. The van der Waals surface area contributed by atoms with Crippen molar-refractivity contribution in [1.29, 1.82) is 0 Å². The first kappa shape index (κ1) is 68.3. The van der Waals surface area contributed by atoms with Crippen molar-refractivity contribution in [1.82, 2.24) is 15.0 Å². The molecule has 502 valence electrons. The zero-order valence-corrected chi connectivity index (χ0v) is 53.8. The van der Waals surface area contributed by atoms with Gasteiger partial charge in [-0.15, -0.1) is 0 Å². The number of methoxy groups -OCH3 is 3. The summed E-state index contributed by atoms with van der Waals surface area (Å²) in [5.41, 5.74) is 15.5. The van der Waals surface area contributed by atoms with E-state index in [-0.39, 0.29) is 81.6 Å². The number of nitrogens with two attached hydrogens (primary N) is 1. The Balaban J connectivity index is 0.000000152. The number of esters is 3. The maximum absolute atomic E-state index is 13.4. The number of rotatable bonds is 19. The molecule has 19 nitrogen and oxygen atoms in total. The summed E-state index contributed by atoms with van der Waals surface area (Å²) in [6.07, 6.45) is 9.19. The minimum atomic E-state index is -0.773. The Hall–Kier alpha value is -13.1. The summed E-state index contributed by atoms with van der Waals surface area (Å²) in [5.74, 6) is -3.51. The molecule has 13 aromatic rings. The smallest absolute Gasteiger partial charge is 0.341 e. The molecule has 0 radical (unpaired) electrons. The van der Waals surface area contributed by atoms with Crippen LogP contribution in [0.2, 0.25) is 0 Å². The van der Waals surface area contributed by atoms with Gasteiger partial charge in [-0.05, 0) is 161 Å². The van der Waals surface area contributed by atoms with E-state index >= 15 is 0 Å². The summed E-state index contributed by atoms with van der Waals surface area (Å²) in [5, 5.41) is 17.7. The number of fused-ring (bicyclic) bond motifs is 3. The number of carbonyl (C=O) groups is 5. The Kier molecular flexibility index (Phi) is 21.6. The molecular weight excluding hydrogens is 1290 g/mol. The molecule has 100 heavy (non-hydrogen) atoms. The maximum atomic E-state index is 13.4. The van der Waals surface area contributed by atoms with E-state index in [1.807, 2.05) is 72.8 Å². The van der Waals surface area contributed by atoms with Gasteiger partial charge in [0.15, 0.2) is 28.8 Å². The Morgan fingerprint density at radius 2 is 0.780 bits per heavy atom. The highest BCUT2D eigenvalue weighted by molar-refractivity contribution is 6.13. The van der Waals surface area contributed by atoms with Crippen molar-refractivity contribution in [2.24, 2.45) is 0 Å². The topological polar surface area (TPSA) is 267 Å². The molecule has 0 aliphatic heterocycles. The molecule has 0 bridgehead atoms. The highest BCUT2D eigenvalue weighted by atomic mass is 19.1. The number of phenolic OH excluding ortho intramolecular Hbond substituents is 1. The molecule has 5 heterocycles. The number of furan rings is 2. The molecule has 0 aliphatic carbocycles. The van der Waals surface area contributed by atoms with E-state index in [0.717, 1.165) is 44.5 Å². The number of hydrogen-bond donors (Lipinski definition) is 4. The van der Waals surface area contributed by atoms with Gasteiger partial charge in [-0.2, -0.15) is 0 Å². The number of anilines is 3. The van der Waals surface area contributed by atoms with Crippen LogP contribution in [-0.2, 0) is 46.7 Å². The SMILES string of the molecule is COC(=O)c1cc(N)c2cc(Cc3ccc(F)cc3)cnc2c1OCc1ccccc1.COC(=O)c1cc(NC(=O)c2ccco2)c2cc(Cc3ccc(F)cc3)cnc2c1O.COC(=O)c1cc(NC(=O)c2ccco2)c2cc(Cc3ccc(F)cc3)cnc2c1OCc1ccccc1. The number of carbonyl (C=O) groups excluding carboxylic acids is 5. The van der Waals surface area contributed by atoms with Crippen LogP contribution in [0.25, 0.3) is 32.7 Å². The van der Waals surface area contributed by atoms with Crippen LogP contribution in [0.5, 0.6) is 17.2 Å². The van der Waals surface area contributed by atoms with Gasteiger partial charge in [-0.1, -0.05) is 97.1 Å². The summed E-state index contributed by atoms with van der Waals surface area (Å²) in [6.45, 7) is 0.458. The van der Waals surface area contributed by atoms with E-state index in [0.29, 0.717) is 63.6 Å². The standard InChI is InChI=1S/C30H23FN2O5.C25H21FN2O3.C23H17FN2O5/c1-36-30(35)24-16-25(33-29(34)26-8-5-13-37-26)23-15-21(14-19-9-11-22(31)12-10-19)17-32-27(23)28(24)38-18-20-6-3-2-4-7-20;1-30-25(29)21-13-22(27)20-12-18(11-16-7-9-19(26)10-8-16)14-28-23(20)24(21)31-15-17-5-3-2-4-6-17;1-30-23(29)17-11-18(26-22(28)19-3-2-8-31-19)16-10-14(12-25-20(16)21(17)27)9-13-4-6-15(24)7-5-13/h2-13,15-17H,14,18H2,1H3,(H,33,34);2-10,12-14H,11,15,27H2,1H3;2-8,10-12,27H,9H2,1H3,(H,26,28). The molecule has 0 unspecified atom stereocenters. The van der Waals surface area contributed by atoms with Crippen LogP contribution >= 0.6 is 0 Å². The molecule has 22 heteroatoms. The minimum absolute atomic E-state index is 0.0799. The predicted octanol–water partition coefficient (Wildman–Crippen LogP) is 15.4. The lowest BCUT2D eigenvalue weighted by Crippen LogP contribution is -2.14. The third kappa shape index (κ3) is 16.6. The average Bonchev–Trinajstić information content (AvgIpc) is 0.878. The van der Waals surface area contributed by atoms with Crippen LogP contribution in [0, 0.1) is 17.5 Å². The monoisotopic (exact) mass is 1350 g/mol. The van der Waals surface area contributed by atoms with Gasteiger partial charge in [-0.3, -0.25) is 24.5 Å². The normalized spacial score (nSPS) is 10.8. The van der Waals surface area contributed by atoms with Crippen LogP contribution in [0.4, 0.5) is 30.2 Å². The highest BCUT2D eigenvalue weighted by Crippen LogP contribution is 2.39. The number of ether oxygens (including phenoxy) is 5. The first-order chi connectivity index (χ1) is 48.5. The number of pyridine rings is 3. The number of aromatic nitrogens is 3. The second kappa shape index (κ2) is 31.6. The van der Waals surface area contributed by atoms with E-state index in [1.54, 1.807) is 79.3 Å². The number of amides is 2. The summed E-state index contributed by atoms with van der Waals surface area (Å²) in [6, 6.07) is 53.9. The van der Waals surface area contributed by atoms with Crippen molar-refractivity contribution < 1.29 is 74.8 Å². The van der Waals surface area contributed by atoms with Crippen LogP contribution in [0.15, 0.2) is 234 Å². The van der Waals surface area contributed by atoms with Gasteiger partial charge < -0.3 is 54.0 Å². The molecule has 0 spiro atoms. The van der Waals surface area contributed by atoms with Gasteiger partial charge in [0.25, 0.3) is 11.8 Å². The number of benzene rings is 8. The number of hydrogen-bond acceptors (Lipinski definition) is 17. The molecule has 0 fully saturated rings. The van der Waals surface area contributed by atoms with E-state index in [1.165, 1.54) is 94.5 Å². The Labute approximate surface area is 569 Å². The summed E-state index contributed by atoms with van der Waals surface area (Å²) >= 11 is 0. The molecule has 0 saturated heterocycles. The van der Waals surface area contributed by atoms with E-state index in [2.05, 4.69) is 25.6 Å². The molecule has 5 aromatic heterocycles. The van der Waals surface area contributed by atoms with Crippen molar-refractivity contribution in [3.05, 3.63) is 315 Å². The number of nitrogens with one attached hydrogen (secondary N) is 2. The zero-order chi connectivity index (χ0) is 70.2. The maximum Gasteiger partial charge on any atom is 0.341 e. The number of nitrogen functional groups attached to an aromatic ring is 1. The summed E-state index contributed by atoms with van der Waals surface area (Å²) < 4.78 is 76.9. The number of aromatic hydroxyl groups is 1. The Morgan fingerprint density at radius 3 is 1.18 bits per heavy atom. The average molecular weight is 1350 g/mol. The molecule has 0 saturated carbocycles. The first-order valence-corrected chi connectivity index (χ1v) is 30.9. The molecule has 2 amide bonds. The molecule has 5 N–H and O–H groups in total. The minimum Gasteiger partial charge on any atom is -0.505 e. The molecule has 0 atom stereocenters. The molecule has 8 aromatic carbocycles. The summed E-state index contributed by atoms with van der Waals surface area (Å²) in [4.78, 5) is 76.1. The van der Waals surface area contributed by atoms with Crippen LogP contribution in [-0.4, -0.2) is 71.1 Å². The highest BCUT2D eigenvalue weighted by Gasteiger charge is 2.26.